The predicted octanol–water partition coefficient (Wildman–Crippen LogP) is 2.69. The Morgan fingerprint density at radius 2 is 2.09 bits per heavy atom. The fraction of sp³-hybridized carbons (Fsp3) is 0.529. The van der Waals surface area contributed by atoms with E-state index in [0.717, 1.165) is 25.7 Å². The molecular formula is C17H23NO4. The highest BCUT2D eigenvalue weighted by Crippen LogP contribution is 2.14. The summed E-state index contributed by atoms with van der Waals surface area (Å²) < 4.78 is 10.2. The van der Waals surface area contributed by atoms with Gasteiger partial charge in [0.2, 0.25) is 0 Å². The average Bonchev–Trinajstić information content (AvgIpc) is 3.06. The lowest BCUT2D eigenvalue weighted by Gasteiger charge is -2.10. The number of esters is 1. The Kier molecular flexibility index (Phi) is 6.40. The van der Waals surface area contributed by atoms with Crippen LogP contribution >= 0.6 is 0 Å². The lowest BCUT2D eigenvalue weighted by molar-refractivity contribution is -0.156. The number of carbonyl (C=O) groups excluding carboxylic acids is 2. The molecule has 1 aromatic rings. The maximum atomic E-state index is 11.8. The van der Waals surface area contributed by atoms with Crippen LogP contribution in [-0.2, 0) is 25.5 Å². The summed E-state index contributed by atoms with van der Waals surface area (Å²) in [7, 11) is 0. The molecule has 0 bridgehead atoms. The average molecular weight is 305 g/mol. The van der Waals surface area contributed by atoms with Gasteiger partial charge in [0, 0.05) is 12.3 Å². The minimum Gasteiger partial charge on any atom is -0.454 e. The zero-order chi connectivity index (χ0) is 15.8. The number of amides is 1. The molecule has 1 saturated heterocycles. The van der Waals surface area contributed by atoms with E-state index in [0.29, 0.717) is 18.7 Å². The highest BCUT2D eigenvalue weighted by atomic mass is 16.6. The number of nitrogens with one attached hydrogen (secondary N) is 1. The summed E-state index contributed by atoms with van der Waals surface area (Å²) in [5.74, 6) is -0.796. The van der Waals surface area contributed by atoms with Crippen molar-refractivity contribution in [1.82, 2.24) is 0 Å². The second kappa shape index (κ2) is 8.54. The molecule has 1 heterocycles. The van der Waals surface area contributed by atoms with Crippen molar-refractivity contribution in [2.45, 2.75) is 45.1 Å². The molecule has 5 heteroatoms. The quantitative estimate of drug-likeness (QED) is 0.787. The molecule has 1 atom stereocenters. The van der Waals surface area contributed by atoms with Gasteiger partial charge in [0.25, 0.3) is 5.91 Å². The van der Waals surface area contributed by atoms with Crippen LogP contribution in [0.15, 0.2) is 24.3 Å². The van der Waals surface area contributed by atoms with Crippen molar-refractivity contribution in [2.75, 3.05) is 18.5 Å². The molecule has 5 nitrogen and oxygen atoms in total. The fourth-order valence-corrected chi connectivity index (χ4v) is 2.33. The van der Waals surface area contributed by atoms with E-state index in [2.05, 4.69) is 12.2 Å². The van der Waals surface area contributed by atoms with Gasteiger partial charge in [0.05, 0.1) is 0 Å². The van der Waals surface area contributed by atoms with Gasteiger partial charge in [-0.25, -0.2) is 4.79 Å². The van der Waals surface area contributed by atoms with Crippen molar-refractivity contribution in [1.29, 1.82) is 0 Å². The molecule has 0 spiro atoms. The second-order valence-corrected chi connectivity index (χ2v) is 5.46. The maximum Gasteiger partial charge on any atom is 0.335 e. The third-order valence-corrected chi connectivity index (χ3v) is 3.59. The minimum absolute atomic E-state index is 0.281. The van der Waals surface area contributed by atoms with Crippen LogP contribution in [0.5, 0.6) is 0 Å². The van der Waals surface area contributed by atoms with Gasteiger partial charge in [0.15, 0.2) is 12.7 Å². The van der Waals surface area contributed by atoms with Crippen molar-refractivity contribution in [3.8, 4) is 0 Å². The maximum absolute atomic E-state index is 11.8. The van der Waals surface area contributed by atoms with E-state index in [1.807, 2.05) is 24.3 Å². The van der Waals surface area contributed by atoms with Crippen LogP contribution in [0.2, 0.25) is 0 Å². The van der Waals surface area contributed by atoms with Gasteiger partial charge in [-0.1, -0.05) is 25.5 Å². The first-order chi connectivity index (χ1) is 10.7. The molecule has 1 aliphatic rings. The van der Waals surface area contributed by atoms with E-state index < -0.39 is 12.1 Å². The fourth-order valence-electron chi connectivity index (χ4n) is 2.33. The molecule has 0 aliphatic carbocycles. The van der Waals surface area contributed by atoms with E-state index in [9.17, 15) is 9.59 Å². The van der Waals surface area contributed by atoms with E-state index in [1.54, 1.807) is 0 Å². The molecule has 0 saturated carbocycles. The van der Waals surface area contributed by atoms with Crippen molar-refractivity contribution < 1.29 is 19.1 Å². The number of rotatable bonds is 7. The van der Waals surface area contributed by atoms with Crippen LogP contribution in [0.25, 0.3) is 0 Å². The number of hydrogen-bond acceptors (Lipinski definition) is 4. The van der Waals surface area contributed by atoms with E-state index in [-0.39, 0.29) is 12.5 Å². The van der Waals surface area contributed by atoms with Crippen LogP contribution in [0.1, 0.15) is 38.2 Å². The Labute approximate surface area is 131 Å². The SMILES string of the molecule is CCCCc1ccc(NC(=O)COC(=O)[C@@H]2CCCO2)cc1. The van der Waals surface area contributed by atoms with Crippen LogP contribution in [0, 0.1) is 0 Å². The van der Waals surface area contributed by atoms with E-state index in [1.165, 1.54) is 5.56 Å². The van der Waals surface area contributed by atoms with Gasteiger partial charge in [-0.3, -0.25) is 4.79 Å². The summed E-state index contributed by atoms with van der Waals surface area (Å²) in [6.45, 7) is 2.46. The van der Waals surface area contributed by atoms with Crippen molar-refractivity contribution in [3.63, 3.8) is 0 Å². The van der Waals surface area contributed by atoms with E-state index in [4.69, 9.17) is 9.47 Å². The Morgan fingerprint density at radius 1 is 1.32 bits per heavy atom. The van der Waals surface area contributed by atoms with Crippen molar-refractivity contribution in [2.24, 2.45) is 0 Å². The normalized spacial score (nSPS) is 17.2. The van der Waals surface area contributed by atoms with Crippen LogP contribution < -0.4 is 5.32 Å². The second-order valence-electron chi connectivity index (χ2n) is 5.46. The van der Waals surface area contributed by atoms with Gasteiger partial charge >= 0.3 is 5.97 Å². The highest BCUT2D eigenvalue weighted by molar-refractivity contribution is 5.93. The number of hydrogen-bond donors (Lipinski definition) is 1. The number of anilines is 1. The first-order valence-electron chi connectivity index (χ1n) is 7.86. The topological polar surface area (TPSA) is 64.6 Å². The van der Waals surface area contributed by atoms with Gasteiger partial charge in [-0.05, 0) is 43.4 Å². The number of carbonyl (C=O) groups is 2. The molecule has 1 amide bonds. The van der Waals surface area contributed by atoms with Gasteiger partial charge in [0.1, 0.15) is 0 Å². The largest absolute Gasteiger partial charge is 0.454 e. The number of benzene rings is 1. The zero-order valence-corrected chi connectivity index (χ0v) is 13.0. The lowest BCUT2D eigenvalue weighted by Crippen LogP contribution is -2.27. The molecule has 1 aromatic carbocycles. The summed E-state index contributed by atoms with van der Waals surface area (Å²) in [5.41, 5.74) is 1.96. The summed E-state index contributed by atoms with van der Waals surface area (Å²) in [4.78, 5) is 23.4. The minimum atomic E-state index is -0.509. The monoisotopic (exact) mass is 305 g/mol. The van der Waals surface area contributed by atoms with Crippen molar-refractivity contribution >= 4 is 17.6 Å². The number of aryl methyl sites for hydroxylation is 1. The Morgan fingerprint density at radius 3 is 2.73 bits per heavy atom. The number of ether oxygens (including phenoxy) is 2. The van der Waals surface area contributed by atoms with Gasteiger partial charge < -0.3 is 14.8 Å². The molecule has 1 aliphatic heterocycles. The summed E-state index contributed by atoms with van der Waals surface area (Å²) in [5, 5.41) is 2.71. The molecule has 0 aromatic heterocycles. The van der Waals surface area contributed by atoms with E-state index >= 15 is 0 Å². The van der Waals surface area contributed by atoms with Crippen molar-refractivity contribution in [3.05, 3.63) is 29.8 Å². The first-order valence-corrected chi connectivity index (χ1v) is 7.86. The van der Waals surface area contributed by atoms with Crippen LogP contribution in [-0.4, -0.2) is 31.2 Å². The number of unbranched alkanes of at least 4 members (excludes halogenated alkanes) is 1. The smallest absolute Gasteiger partial charge is 0.335 e. The van der Waals surface area contributed by atoms with Crippen LogP contribution in [0.3, 0.4) is 0 Å². The third-order valence-electron chi connectivity index (χ3n) is 3.59. The molecule has 22 heavy (non-hydrogen) atoms. The molecule has 0 radical (unpaired) electrons. The zero-order valence-electron chi connectivity index (χ0n) is 13.0. The summed E-state index contributed by atoms with van der Waals surface area (Å²) >= 11 is 0. The Bertz CT molecular complexity index is 492. The standard InChI is InChI=1S/C17H23NO4/c1-2-3-5-13-7-9-14(10-8-13)18-16(19)12-22-17(20)15-6-4-11-21-15/h7-10,15H,2-6,11-12H2,1H3,(H,18,19)/t15-/m0/s1. The Hall–Kier alpha value is -1.88. The Balaban J connectivity index is 1.73. The lowest BCUT2D eigenvalue weighted by atomic mass is 10.1. The first kappa shape index (κ1) is 16.5. The summed E-state index contributed by atoms with van der Waals surface area (Å²) in [6, 6.07) is 7.74. The molecule has 1 fully saturated rings. The van der Waals surface area contributed by atoms with Gasteiger partial charge in [-0.2, -0.15) is 0 Å². The molecule has 1 N–H and O–H groups in total. The predicted molar refractivity (Wildman–Crippen MR) is 83.6 cm³/mol. The van der Waals surface area contributed by atoms with Gasteiger partial charge in [-0.15, -0.1) is 0 Å². The van der Waals surface area contributed by atoms with Crippen LogP contribution in [0.4, 0.5) is 5.69 Å². The highest BCUT2D eigenvalue weighted by Gasteiger charge is 2.25. The molecule has 0 unspecified atom stereocenters. The third kappa shape index (κ3) is 5.15. The molecular weight excluding hydrogens is 282 g/mol. The molecule has 2 rings (SSSR count). The molecule has 120 valence electrons. The summed E-state index contributed by atoms with van der Waals surface area (Å²) in [6.07, 6.45) is 4.38.